The molecule has 0 bridgehead atoms. The van der Waals surface area contributed by atoms with Crippen LogP contribution in [-0.2, 0) is 4.79 Å². The van der Waals surface area contributed by atoms with Crippen LogP contribution in [0, 0.1) is 11.3 Å². The van der Waals surface area contributed by atoms with Gasteiger partial charge < -0.3 is 4.90 Å². The number of piperidine rings is 1. The molecule has 1 amide bonds. The van der Waals surface area contributed by atoms with Gasteiger partial charge in [-0.25, -0.2) is 0 Å². The Morgan fingerprint density at radius 2 is 2.09 bits per heavy atom. The summed E-state index contributed by atoms with van der Waals surface area (Å²) in [5.74, 6) is 0.808. The Kier molecular flexibility index (Phi) is 1.95. The summed E-state index contributed by atoms with van der Waals surface area (Å²) in [7, 11) is 1.88. The maximum absolute atomic E-state index is 11.6. The molecule has 0 aromatic carbocycles. The number of amides is 1. The molecule has 1 fully saturated rings. The Morgan fingerprint density at radius 3 is 2.55 bits per heavy atom. The van der Waals surface area contributed by atoms with Gasteiger partial charge in [0, 0.05) is 19.0 Å². The van der Waals surface area contributed by atoms with Gasteiger partial charge in [-0.3, -0.25) is 4.79 Å². The van der Waals surface area contributed by atoms with Crippen LogP contribution in [0.4, 0.5) is 0 Å². The van der Waals surface area contributed by atoms with E-state index >= 15 is 0 Å². The predicted octanol–water partition coefficient (Wildman–Crippen LogP) is 1.51. The van der Waals surface area contributed by atoms with Crippen LogP contribution in [0.15, 0.2) is 0 Å². The number of rotatable bonds is 0. The van der Waals surface area contributed by atoms with E-state index in [2.05, 4.69) is 6.92 Å². The summed E-state index contributed by atoms with van der Waals surface area (Å²) in [6.07, 6.45) is 1.13. The molecule has 0 spiro atoms. The second-order valence-electron chi connectivity index (χ2n) is 4.14. The minimum Gasteiger partial charge on any atom is -0.345 e. The summed E-state index contributed by atoms with van der Waals surface area (Å²) in [6, 6.07) is 0. The highest BCUT2D eigenvalue weighted by atomic mass is 16.2. The molecule has 0 N–H and O–H groups in total. The second kappa shape index (κ2) is 2.50. The van der Waals surface area contributed by atoms with E-state index < -0.39 is 0 Å². The average Bonchev–Trinajstić information content (AvgIpc) is 1.95. The number of carbonyl (C=O) groups is 1. The van der Waals surface area contributed by atoms with Crippen molar-refractivity contribution in [2.24, 2.45) is 11.3 Å². The first-order valence-electron chi connectivity index (χ1n) is 4.22. The molecule has 0 aromatic heterocycles. The number of hydrogen-bond donors (Lipinski definition) is 0. The fourth-order valence-electron chi connectivity index (χ4n) is 1.55. The van der Waals surface area contributed by atoms with E-state index in [1.165, 1.54) is 0 Å². The third-order valence-electron chi connectivity index (χ3n) is 3.03. The first kappa shape index (κ1) is 8.57. The number of carbonyl (C=O) groups excluding carboxylic acids is 1. The summed E-state index contributed by atoms with van der Waals surface area (Å²) in [5.41, 5.74) is -0.146. The topological polar surface area (TPSA) is 20.3 Å². The Balaban J connectivity index is 2.81. The first-order valence-corrected chi connectivity index (χ1v) is 4.22. The fraction of sp³-hybridized carbons (Fsp3) is 0.889. The Labute approximate surface area is 68.6 Å². The molecule has 11 heavy (non-hydrogen) atoms. The summed E-state index contributed by atoms with van der Waals surface area (Å²) in [6.45, 7) is 7.15. The van der Waals surface area contributed by atoms with E-state index in [0.29, 0.717) is 5.92 Å². The van der Waals surface area contributed by atoms with Crippen molar-refractivity contribution < 1.29 is 4.79 Å². The highest BCUT2D eigenvalue weighted by Crippen LogP contribution is 2.34. The molecule has 1 atom stereocenters. The zero-order valence-corrected chi connectivity index (χ0v) is 7.85. The van der Waals surface area contributed by atoms with Crippen molar-refractivity contribution in [3.8, 4) is 0 Å². The normalized spacial score (nSPS) is 30.7. The highest BCUT2D eigenvalue weighted by Gasteiger charge is 2.39. The van der Waals surface area contributed by atoms with Gasteiger partial charge in [0.15, 0.2) is 0 Å². The third kappa shape index (κ3) is 1.26. The summed E-state index contributed by atoms with van der Waals surface area (Å²) in [4.78, 5) is 13.4. The summed E-state index contributed by atoms with van der Waals surface area (Å²) < 4.78 is 0. The van der Waals surface area contributed by atoms with Crippen molar-refractivity contribution in [3.05, 3.63) is 0 Å². The van der Waals surface area contributed by atoms with Crippen LogP contribution >= 0.6 is 0 Å². The van der Waals surface area contributed by atoms with Crippen LogP contribution in [0.3, 0.4) is 0 Å². The van der Waals surface area contributed by atoms with Crippen LogP contribution in [0.1, 0.15) is 27.2 Å². The van der Waals surface area contributed by atoms with E-state index in [-0.39, 0.29) is 11.3 Å². The Morgan fingerprint density at radius 1 is 1.55 bits per heavy atom. The van der Waals surface area contributed by atoms with Crippen molar-refractivity contribution in [2.75, 3.05) is 13.6 Å². The number of hydrogen-bond acceptors (Lipinski definition) is 1. The Bertz CT molecular complexity index is 174. The maximum Gasteiger partial charge on any atom is 0.228 e. The lowest BCUT2D eigenvalue weighted by atomic mass is 9.74. The van der Waals surface area contributed by atoms with Gasteiger partial charge in [0.1, 0.15) is 0 Å². The van der Waals surface area contributed by atoms with E-state index in [1.54, 1.807) is 0 Å². The molecule has 1 unspecified atom stereocenters. The molecule has 0 aliphatic carbocycles. The van der Waals surface area contributed by atoms with Crippen LogP contribution in [0.2, 0.25) is 0 Å². The number of likely N-dealkylation sites (tertiary alicyclic amines) is 1. The lowest BCUT2D eigenvalue weighted by Crippen LogP contribution is -2.47. The molecule has 1 heterocycles. The molecular formula is C9H17NO. The van der Waals surface area contributed by atoms with Gasteiger partial charge in [0.2, 0.25) is 5.91 Å². The average molecular weight is 155 g/mol. The van der Waals surface area contributed by atoms with Crippen molar-refractivity contribution in [3.63, 3.8) is 0 Å². The lowest BCUT2D eigenvalue weighted by Gasteiger charge is -2.40. The molecule has 1 aliphatic rings. The third-order valence-corrected chi connectivity index (χ3v) is 3.03. The monoisotopic (exact) mass is 155 g/mol. The zero-order valence-electron chi connectivity index (χ0n) is 7.85. The van der Waals surface area contributed by atoms with Gasteiger partial charge in [-0.1, -0.05) is 20.8 Å². The van der Waals surface area contributed by atoms with Gasteiger partial charge >= 0.3 is 0 Å². The van der Waals surface area contributed by atoms with Crippen molar-refractivity contribution in [1.82, 2.24) is 4.90 Å². The summed E-state index contributed by atoms with van der Waals surface area (Å²) >= 11 is 0. The van der Waals surface area contributed by atoms with Crippen LogP contribution in [-0.4, -0.2) is 24.4 Å². The molecule has 0 radical (unpaired) electrons. The molecule has 1 rings (SSSR count). The SMILES string of the molecule is CC1CCN(C)C(=O)C1(C)C. The molecule has 2 nitrogen and oxygen atoms in total. The maximum atomic E-state index is 11.6. The second-order valence-corrected chi connectivity index (χ2v) is 4.14. The lowest BCUT2D eigenvalue weighted by molar-refractivity contribution is -0.146. The predicted molar refractivity (Wildman–Crippen MR) is 45.2 cm³/mol. The van der Waals surface area contributed by atoms with Gasteiger partial charge in [-0.05, 0) is 12.3 Å². The molecule has 2 heteroatoms. The van der Waals surface area contributed by atoms with Crippen LogP contribution < -0.4 is 0 Å². The molecule has 1 saturated heterocycles. The van der Waals surface area contributed by atoms with E-state index in [1.807, 2.05) is 25.8 Å². The quantitative estimate of drug-likeness (QED) is 0.519. The largest absolute Gasteiger partial charge is 0.345 e. The van der Waals surface area contributed by atoms with Crippen molar-refractivity contribution in [2.45, 2.75) is 27.2 Å². The molecular weight excluding hydrogens is 138 g/mol. The Hall–Kier alpha value is -0.530. The zero-order chi connectivity index (χ0) is 8.65. The van der Waals surface area contributed by atoms with Crippen LogP contribution in [0.25, 0.3) is 0 Å². The van der Waals surface area contributed by atoms with E-state index in [0.717, 1.165) is 13.0 Å². The summed E-state index contributed by atoms with van der Waals surface area (Å²) in [5, 5.41) is 0. The molecule has 0 aromatic rings. The van der Waals surface area contributed by atoms with Gasteiger partial charge in [-0.15, -0.1) is 0 Å². The minimum absolute atomic E-state index is 0.146. The number of nitrogens with zero attached hydrogens (tertiary/aromatic N) is 1. The van der Waals surface area contributed by atoms with E-state index in [4.69, 9.17) is 0 Å². The molecule has 1 aliphatic heterocycles. The highest BCUT2D eigenvalue weighted by molar-refractivity contribution is 5.82. The van der Waals surface area contributed by atoms with Gasteiger partial charge in [-0.2, -0.15) is 0 Å². The van der Waals surface area contributed by atoms with Crippen LogP contribution in [0.5, 0.6) is 0 Å². The van der Waals surface area contributed by atoms with Crippen molar-refractivity contribution >= 4 is 5.91 Å². The van der Waals surface area contributed by atoms with Crippen molar-refractivity contribution in [1.29, 1.82) is 0 Å². The molecule has 64 valence electrons. The van der Waals surface area contributed by atoms with E-state index in [9.17, 15) is 4.79 Å². The van der Waals surface area contributed by atoms with Gasteiger partial charge in [0.05, 0.1) is 0 Å². The first-order chi connectivity index (χ1) is 4.96. The standard InChI is InChI=1S/C9H17NO/c1-7-5-6-10(4)8(11)9(7,2)3/h7H,5-6H2,1-4H3. The fourth-order valence-corrected chi connectivity index (χ4v) is 1.55. The smallest absolute Gasteiger partial charge is 0.228 e. The van der Waals surface area contributed by atoms with Gasteiger partial charge in [0.25, 0.3) is 0 Å². The molecule has 0 saturated carbocycles. The minimum atomic E-state index is -0.146.